The van der Waals surface area contributed by atoms with Gasteiger partial charge in [0, 0.05) is 16.5 Å². The number of benzene rings is 3. The molecule has 0 bridgehead atoms. The molecular formula is C33H31ClN2O4. The van der Waals surface area contributed by atoms with E-state index in [-0.39, 0.29) is 12.0 Å². The Bertz CT molecular complexity index is 1560. The molecule has 1 unspecified atom stereocenters. The summed E-state index contributed by atoms with van der Waals surface area (Å²) in [5.41, 5.74) is 4.96. The maximum Gasteiger partial charge on any atom is 0.335 e. The van der Waals surface area contributed by atoms with Crippen molar-refractivity contribution in [2.24, 2.45) is 5.92 Å². The first-order valence-corrected chi connectivity index (χ1v) is 13.9. The summed E-state index contributed by atoms with van der Waals surface area (Å²) in [7, 11) is 0. The van der Waals surface area contributed by atoms with Crippen LogP contribution in [0.25, 0.3) is 23.1 Å². The number of aliphatic carboxylic acids is 1. The SMILES string of the molecule is O=C(O)c1ccccc1CCC(c1cccc(/C=C/c2ccc3ccc(Cl)cc3n2)c1)N1CCC(C(=O)O)CC1. The summed E-state index contributed by atoms with van der Waals surface area (Å²) >= 11 is 6.15. The molecule has 1 atom stereocenters. The monoisotopic (exact) mass is 554 g/mol. The molecule has 0 radical (unpaired) electrons. The van der Waals surface area contributed by atoms with Gasteiger partial charge in [0.15, 0.2) is 0 Å². The second-order valence-electron chi connectivity index (χ2n) is 10.2. The second kappa shape index (κ2) is 12.5. The fourth-order valence-electron chi connectivity index (χ4n) is 5.51. The van der Waals surface area contributed by atoms with Gasteiger partial charge >= 0.3 is 11.9 Å². The third kappa shape index (κ3) is 6.58. The molecule has 2 heterocycles. The van der Waals surface area contributed by atoms with Crippen molar-refractivity contribution in [1.82, 2.24) is 9.88 Å². The molecule has 4 aromatic rings. The summed E-state index contributed by atoms with van der Waals surface area (Å²) in [4.78, 5) is 30.4. The molecule has 1 aromatic heterocycles. The number of hydrogen-bond donors (Lipinski definition) is 2. The van der Waals surface area contributed by atoms with E-state index in [4.69, 9.17) is 16.6 Å². The molecule has 1 aliphatic rings. The molecule has 1 saturated heterocycles. The van der Waals surface area contributed by atoms with Crippen molar-refractivity contribution in [3.8, 4) is 0 Å². The molecule has 2 N–H and O–H groups in total. The van der Waals surface area contributed by atoms with E-state index in [0.717, 1.165) is 39.7 Å². The van der Waals surface area contributed by atoms with Crippen molar-refractivity contribution in [2.75, 3.05) is 13.1 Å². The lowest BCUT2D eigenvalue weighted by Gasteiger charge is -2.37. The molecule has 3 aromatic carbocycles. The highest BCUT2D eigenvalue weighted by Crippen LogP contribution is 2.32. The Morgan fingerprint density at radius 3 is 2.50 bits per heavy atom. The number of carboxylic acid groups (broad SMARTS) is 2. The molecule has 40 heavy (non-hydrogen) atoms. The molecule has 1 aliphatic heterocycles. The number of halogens is 1. The molecule has 5 rings (SSSR count). The smallest absolute Gasteiger partial charge is 0.335 e. The summed E-state index contributed by atoms with van der Waals surface area (Å²) in [6.07, 6.45) is 6.56. The van der Waals surface area contributed by atoms with E-state index in [0.29, 0.717) is 42.9 Å². The van der Waals surface area contributed by atoms with E-state index < -0.39 is 11.9 Å². The molecule has 7 heteroatoms. The number of nitrogens with zero attached hydrogens (tertiary/aromatic N) is 2. The van der Waals surface area contributed by atoms with Crippen LogP contribution >= 0.6 is 11.6 Å². The third-order valence-electron chi connectivity index (χ3n) is 7.67. The second-order valence-corrected chi connectivity index (χ2v) is 10.7. The van der Waals surface area contributed by atoms with Crippen molar-refractivity contribution in [1.29, 1.82) is 0 Å². The fourth-order valence-corrected chi connectivity index (χ4v) is 5.67. The van der Waals surface area contributed by atoms with E-state index in [1.807, 2.05) is 66.7 Å². The van der Waals surface area contributed by atoms with Crippen LogP contribution in [-0.4, -0.2) is 45.1 Å². The van der Waals surface area contributed by atoms with Crippen LogP contribution in [0.3, 0.4) is 0 Å². The van der Waals surface area contributed by atoms with Crippen molar-refractivity contribution in [2.45, 2.75) is 31.7 Å². The van der Waals surface area contributed by atoms with Crippen LogP contribution in [0, 0.1) is 5.92 Å². The molecular weight excluding hydrogens is 524 g/mol. The number of aromatic nitrogens is 1. The van der Waals surface area contributed by atoms with Crippen LogP contribution in [0.1, 0.15) is 58.0 Å². The van der Waals surface area contributed by atoms with Gasteiger partial charge < -0.3 is 10.2 Å². The number of piperidine rings is 1. The van der Waals surface area contributed by atoms with Gasteiger partial charge in [-0.25, -0.2) is 9.78 Å². The van der Waals surface area contributed by atoms with Gasteiger partial charge in [0.05, 0.1) is 22.7 Å². The number of aromatic carboxylic acids is 1. The van der Waals surface area contributed by atoms with Gasteiger partial charge in [0.2, 0.25) is 0 Å². The third-order valence-corrected chi connectivity index (χ3v) is 7.91. The summed E-state index contributed by atoms with van der Waals surface area (Å²) in [5, 5.41) is 20.8. The van der Waals surface area contributed by atoms with Gasteiger partial charge in [-0.15, -0.1) is 0 Å². The predicted molar refractivity (Wildman–Crippen MR) is 159 cm³/mol. The van der Waals surface area contributed by atoms with E-state index in [1.165, 1.54) is 0 Å². The van der Waals surface area contributed by atoms with Crippen molar-refractivity contribution < 1.29 is 19.8 Å². The lowest BCUT2D eigenvalue weighted by molar-refractivity contribution is -0.143. The van der Waals surface area contributed by atoms with Gasteiger partial charge in [0.1, 0.15) is 0 Å². The Labute approximate surface area is 238 Å². The van der Waals surface area contributed by atoms with Crippen LogP contribution in [0.2, 0.25) is 5.02 Å². The summed E-state index contributed by atoms with van der Waals surface area (Å²) in [6.45, 7) is 1.37. The largest absolute Gasteiger partial charge is 0.481 e. The molecule has 204 valence electrons. The summed E-state index contributed by atoms with van der Waals surface area (Å²) in [6, 6.07) is 25.2. The van der Waals surface area contributed by atoms with E-state index in [2.05, 4.69) is 17.0 Å². The zero-order chi connectivity index (χ0) is 28.1. The van der Waals surface area contributed by atoms with Crippen molar-refractivity contribution in [3.05, 3.63) is 112 Å². The highest BCUT2D eigenvalue weighted by molar-refractivity contribution is 6.31. The Morgan fingerprint density at radius 2 is 1.73 bits per heavy atom. The minimum atomic E-state index is -0.925. The van der Waals surface area contributed by atoms with E-state index in [1.54, 1.807) is 12.1 Å². The molecule has 0 spiro atoms. The van der Waals surface area contributed by atoms with Crippen LogP contribution in [0.5, 0.6) is 0 Å². The normalized spacial score (nSPS) is 15.4. The number of pyridine rings is 1. The molecule has 1 fully saturated rings. The lowest BCUT2D eigenvalue weighted by Crippen LogP contribution is -2.39. The average Bonchev–Trinajstić information content (AvgIpc) is 2.96. The summed E-state index contributed by atoms with van der Waals surface area (Å²) in [5.74, 6) is -1.97. The number of likely N-dealkylation sites (tertiary alicyclic amines) is 1. The highest BCUT2D eigenvalue weighted by Gasteiger charge is 2.29. The zero-order valence-corrected chi connectivity index (χ0v) is 22.8. The Morgan fingerprint density at radius 1 is 0.950 bits per heavy atom. The number of carboxylic acids is 2. The van der Waals surface area contributed by atoms with Crippen molar-refractivity contribution in [3.63, 3.8) is 0 Å². The lowest BCUT2D eigenvalue weighted by atomic mass is 9.90. The molecule has 0 saturated carbocycles. The van der Waals surface area contributed by atoms with Crippen LogP contribution < -0.4 is 0 Å². The number of hydrogen-bond acceptors (Lipinski definition) is 4. The Kier molecular flexibility index (Phi) is 8.58. The minimum Gasteiger partial charge on any atom is -0.481 e. The number of carbonyl (C=O) groups is 2. The zero-order valence-electron chi connectivity index (χ0n) is 22.0. The molecule has 0 aliphatic carbocycles. The first kappa shape index (κ1) is 27.6. The number of aryl methyl sites for hydroxylation is 1. The van der Waals surface area contributed by atoms with Crippen LogP contribution in [0.15, 0.2) is 78.9 Å². The topological polar surface area (TPSA) is 90.7 Å². The fraction of sp³-hybridized carbons (Fsp3) is 0.242. The Balaban J connectivity index is 1.39. The van der Waals surface area contributed by atoms with Gasteiger partial charge in [-0.1, -0.05) is 72.3 Å². The average molecular weight is 555 g/mol. The predicted octanol–water partition coefficient (Wildman–Crippen LogP) is 7.23. The van der Waals surface area contributed by atoms with Crippen LogP contribution in [-0.2, 0) is 11.2 Å². The quantitative estimate of drug-likeness (QED) is 0.227. The van der Waals surface area contributed by atoms with Gasteiger partial charge in [0.25, 0.3) is 0 Å². The molecule has 0 amide bonds. The van der Waals surface area contributed by atoms with E-state index in [9.17, 15) is 19.8 Å². The number of fused-ring (bicyclic) bond motifs is 1. The van der Waals surface area contributed by atoms with Gasteiger partial charge in [-0.05, 0) is 85.8 Å². The number of rotatable bonds is 9. The van der Waals surface area contributed by atoms with Crippen molar-refractivity contribution >= 4 is 46.6 Å². The maximum absolute atomic E-state index is 11.8. The van der Waals surface area contributed by atoms with Gasteiger partial charge in [-0.2, -0.15) is 0 Å². The minimum absolute atomic E-state index is 0.0332. The van der Waals surface area contributed by atoms with E-state index >= 15 is 0 Å². The first-order valence-electron chi connectivity index (χ1n) is 13.5. The van der Waals surface area contributed by atoms with Gasteiger partial charge in [-0.3, -0.25) is 9.69 Å². The Hall–Kier alpha value is -4.00. The summed E-state index contributed by atoms with van der Waals surface area (Å²) < 4.78 is 0. The first-order chi connectivity index (χ1) is 19.4. The molecule has 6 nitrogen and oxygen atoms in total. The highest BCUT2D eigenvalue weighted by atomic mass is 35.5. The maximum atomic E-state index is 11.8. The standard InChI is InChI=1S/C33H31ClN2O4/c34-27-12-9-24-10-14-28(35-30(24)21-27)13-8-22-4-3-6-26(20-22)31(36-18-16-25(17-19-36)32(37)38)15-11-23-5-1-2-7-29(23)33(39)40/h1-10,12-14,20-21,25,31H,11,15-19H2,(H,37,38)(H,39,40)/b13-8+. The van der Waals surface area contributed by atoms with Crippen LogP contribution in [0.4, 0.5) is 0 Å².